The maximum Gasteiger partial charge on any atom is 0.415 e. The fourth-order valence-electron chi connectivity index (χ4n) is 3.92. The Balaban J connectivity index is 2.01. The second-order valence-electron chi connectivity index (χ2n) is 7.46. The zero-order chi connectivity index (χ0) is 22.6. The number of hydrogen-bond donors (Lipinski definition) is 0. The van der Waals surface area contributed by atoms with E-state index in [-0.39, 0.29) is 0 Å². The summed E-state index contributed by atoms with van der Waals surface area (Å²) < 4.78 is 21.0. The van der Waals surface area contributed by atoms with E-state index >= 15 is 0 Å². The van der Waals surface area contributed by atoms with Crippen molar-refractivity contribution in [3.8, 4) is 5.75 Å². The van der Waals surface area contributed by atoms with Gasteiger partial charge in [0.1, 0.15) is 0 Å². The maximum absolute atomic E-state index is 15.0. The monoisotopic (exact) mass is 443 g/mol. The van der Waals surface area contributed by atoms with Crippen LogP contribution in [0, 0.1) is 0 Å². The van der Waals surface area contributed by atoms with E-state index < -0.39 is 13.2 Å². The third-order valence-corrected chi connectivity index (χ3v) is 8.73. The summed E-state index contributed by atoms with van der Waals surface area (Å²) in [4.78, 5) is 14.6. The summed E-state index contributed by atoms with van der Waals surface area (Å²) in [5.74, 6) is 0.357. The minimum atomic E-state index is -3.32. The molecule has 5 heteroatoms. The van der Waals surface area contributed by atoms with Gasteiger partial charge in [-0.1, -0.05) is 91.0 Å². The number of amides is 1. The normalized spacial score (nSPS) is 11.3. The third kappa shape index (κ3) is 3.94. The predicted molar refractivity (Wildman–Crippen MR) is 132 cm³/mol. The van der Waals surface area contributed by atoms with Gasteiger partial charge in [-0.3, -0.25) is 0 Å². The highest BCUT2D eigenvalue weighted by atomic mass is 31.2. The van der Waals surface area contributed by atoms with Crippen LogP contribution < -0.4 is 20.7 Å². The number of nitrogens with zero attached hydrogens (tertiary/aromatic N) is 1. The van der Waals surface area contributed by atoms with E-state index in [1.54, 1.807) is 4.90 Å². The first kappa shape index (κ1) is 21.9. The third-order valence-electron chi connectivity index (χ3n) is 5.65. The summed E-state index contributed by atoms with van der Waals surface area (Å²) in [6.45, 7) is 4.89. The number of hydrogen-bond acceptors (Lipinski definition) is 3. The van der Waals surface area contributed by atoms with E-state index in [1.807, 2.05) is 111 Å². The Labute approximate surface area is 188 Å². The van der Waals surface area contributed by atoms with Crippen molar-refractivity contribution >= 4 is 39.9 Å². The average molecular weight is 443 g/mol. The lowest BCUT2D eigenvalue weighted by atomic mass is 10.1. The smallest absolute Gasteiger partial charge is 0.409 e. The van der Waals surface area contributed by atoms with Crippen LogP contribution in [0.1, 0.15) is 13.8 Å². The molecule has 0 bridgehead atoms. The standard InChI is InChI=1S/C27H26NO3P/c1-3-28(4-2)27(29)31-26-24-18-12-11-13-21(24)19-20-25(26)32(30,22-14-7-5-8-15-22)23-16-9-6-10-17-23/h5-20H,3-4H2,1-2H3. The molecule has 1 amide bonds. The number of carbonyl (C=O) groups excluding carboxylic acids is 1. The molecule has 0 saturated carbocycles. The number of fused-ring (bicyclic) bond motifs is 1. The van der Waals surface area contributed by atoms with Crippen LogP contribution in [0.3, 0.4) is 0 Å². The lowest BCUT2D eigenvalue weighted by Crippen LogP contribution is -2.35. The first-order chi connectivity index (χ1) is 15.6. The Morgan fingerprint density at radius 2 is 1.28 bits per heavy atom. The minimum absolute atomic E-state index is 0.357. The Kier molecular flexibility index (Phi) is 6.43. The molecule has 162 valence electrons. The van der Waals surface area contributed by atoms with E-state index in [0.717, 1.165) is 10.8 Å². The fourth-order valence-corrected chi connectivity index (χ4v) is 6.70. The van der Waals surface area contributed by atoms with Crippen LogP contribution in [-0.2, 0) is 4.57 Å². The summed E-state index contributed by atoms with van der Waals surface area (Å²) in [5, 5.41) is 3.60. The topological polar surface area (TPSA) is 46.6 Å². The molecule has 0 unspecified atom stereocenters. The van der Waals surface area contributed by atoms with Crippen LogP contribution in [0.2, 0.25) is 0 Å². The van der Waals surface area contributed by atoms with Crippen LogP contribution in [0.5, 0.6) is 5.75 Å². The number of benzene rings is 4. The quantitative estimate of drug-likeness (QED) is 0.379. The molecule has 0 aliphatic rings. The summed E-state index contributed by atoms with van der Waals surface area (Å²) in [5.41, 5.74) is 0. The van der Waals surface area contributed by atoms with E-state index in [1.165, 1.54) is 0 Å². The highest BCUT2D eigenvalue weighted by molar-refractivity contribution is 7.85. The van der Waals surface area contributed by atoms with Gasteiger partial charge in [0.25, 0.3) is 0 Å². The number of rotatable bonds is 6. The molecule has 0 saturated heterocycles. The highest BCUT2D eigenvalue weighted by Gasteiger charge is 2.34. The number of carbonyl (C=O) groups is 1. The van der Waals surface area contributed by atoms with E-state index in [2.05, 4.69) is 0 Å². The molecule has 4 rings (SSSR count). The van der Waals surface area contributed by atoms with Crippen molar-refractivity contribution < 1.29 is 14.1 Å². The van der Waals surface area contributed by atoms with Crippen molar-refractivity contribution in [3.63, 3.8) is 0 Å². The molecule has 0 aromatic heterocycles. The van der Waals surface area contributed by atoms with Gasteiger partial charge in [-0.15, -0.1) is 0 Å². The molecule has 0 spiro atoms. The summed E-state index contributed by atoms with van der Waals surface area (Å²) in [7, 11) is -3.32. The molecule has 0 atom stereocenters. The predicted octanol–water partition coefficient (Wildman–Crippen LogP) is 5.32. The maximum atomic E-state index is 15.0. The second kappa shape index (κ2) is 9.42. The van der Waals surface area contributed by atoms with Crippen molar-refractivity contribution in [2.75, 3.05) is 13.1 Å². The molecule has 4 nitrogen and oxygen atoms in total. The van der Waals surface area contributed by atoms with Gasteiger partial charge in [0, 0.05) is 29.1 Å². The molecule has 0 fully saturated rings. The van der Waals surface area contributed by atoms with Crippen molar-refractivity contribution in [3.05, 3.63) is 97.1 Å². The molecular formula is C27H26NO3P. The fraction of sp³-hybridized carbons (Fsp3) is 0.148. The number of ether oxygens (including phenoxy) is 1. The van der Waals surface area contributed by atoms with E-state index in [9.17, 15) is 9.36 Å². The molecule has 0 radical (unpaired) electrons. The second-order valence-corrected chi connectivity index (χ2v) is 10.2. The van der Waals surface area contributed by atoms with Crippen molar-refractivity contribution in [2.45, 2.75) is 13.8 Å². The molecule has 4 aromatic carbocycles. The first-order valence-corrected chi connectivity index (χ1v) is 12.5. The summed E-state index contributed by atoms with van der Waals surface area (Å²) >= 11 is 0. The molecule has 4 aromatic rings. The van der Waals surface area contributed by atoms with Crippen LogP contribution >= 0.6 is 7.14 Å². The molecule has 0 aliphatic carbocycles. The highest BCUT2D eigenvalue weighted by Crippen LogP contribution is 2.46. The summed E-state index contributed by atoms with van der Waals surface area (Å²) in [6, 6.07) is 30.3. The van der Waals surface area contributed by atoms with Gasteiger partial charge in [-0.25, -0.2) is 4.79 Å². The minimum Gasteiger partial charge on any atom is -0.409 e. The van der Waals surface area contributed by atoms with Crippen LogP contribution in [0.25, 0.3) is 10.8 Å². The zero-order valence-electron chi connectivity index (χ0n) is 18.3. The molecular weight excluding hydrogens is 417 g/mol. The SMILES string of the molecule is CCN(CC)C(=O)Oc1c(P(=O)(c2ccccc2)c2ccccc2)ccc2ccccc12. The average Bonchev–Trinajstić information content (AvgIpc) is 2.85. The Morgan fingerprint density at radius 3 is 1.84 bits per heavy atom. The van der Waals surface area contributed by atoms with Gasteiger partial charge in [-0.2, -0.15) is 0 Å². The first-order valence-electron chi connectivity index (χ1n) is 10.8. The van der Waals surface area contributed by atoms with Crippen LogP contribution in [0.15, 0.2) is 97.1 Å². The van der Waals surface area contributed by atoms with Gasteiger partial charge in [-0.05, 0) is 25.3 Å². The van der Waals surface area contributed by atoms with Gasteiger partial charge in [0.15, 0.2) is 12.9 Å². The van der Waals surface area contributed by atoms with Crippen LogP contribution in [-0.4, -0.2) is 24.1 Å². The van der Waals surface area contributed by atoms with Gasteiger partial charge in [0.05, 0.1) is 5.30 Å². The Morgan fingerprint density at radius 1 is 0.750 bits per heavy atom. The van der Waals surface area contributed by atoms with Gasteiger partial charge < -0.3 is 14.2 Å². The van der Waals surface area contributed by atoms with Crippen molar-refractivity contribution in [2.24, 2.45) is 0 Å². The Hall–Kier alpha value is -3.36. The largest absolute Gasteiger partial charge is 0.415 e. The molecule has 0 N–H and O–H groups in total. The van der Waals surface area contributed by atoms with Crippen molar-refractivity contribution in [1.29, 1.82) is 0 Å². The van der Waals surface area contributed by atoms with Gasteiger partial charge in [0.2, 0.25) is 0 Å². The lowest BCUT2D eigenvalue weighted by molar-refractivity contribution is 0.158. The van der Waals surface area contributed by atoms with Crippen molar-refractivity contribution in [1.82, 2.24) is 4.90 Å². The van der Waals surface area contributed by atoms with Crippen LogP contribution in [0.4, 0.5) is 4.79 Å². The molecule has 32 heavy (non-hydrogen) atoms. The van der Waals surface area contributed by atoms with E-state index in [4.69, 9.17) is 4.74 Å². The lowest BCUT2D eigenvalue weighted by Gasteiger charge is -2.25. The Bertz CT molecular complexity index is 1220. The van der Waals surface area contributed by atoms with E-state index in [0.29, 0.717) is 34.8 Å². The van der Waals surface area contributed by atoms with Gasteiger partial charge >= 0.3 is 6.09 Å². The molecule has 0 heterocycles. The molecule has 0 aliphatic heterocycles. The zero-order valence-corrected chi connectivity index (χ0v) is 19.2. The summed E-state index contributed by atoms with van der Waals surface area (Å²) in [6.07, 6.45) is -0.444.